The maximum atomic E-state index is 13.3. The van der Waals surface area contributed by atoms with Gasteiger partial charge in [0.25, 0.3) is 0 Å². The van der Waals surface area contributed by atoms with Crippen LogP contribution in [0.1, 0.15) is 51.9 Å². The average molecular weight is 345 g/mol. The molecule has 1 amide bonds. The minimum atomic E-state index is -0.396. The lowest BCUT2D eigenvalue weighted by molar-refractivity contribution is -0.125. The van der Waals surface area contributed by atoms with Crippen LogP contribution in [-0.4, -0.2) is 19.1 Å². The zero-order valence-corrected chi connectivity index (χ0v) is 15.0. The van der Waals surface area contributed by atoms with Gasteiger partial charge in [-0.25, -0.2) is 4.39 Å². The molecule has 1 aliphatic rings. The highest BCUT2D eigenvalue weighted by Gasteiger charge is 2.25. The maximum Gasteiger partial charge on any atom is 0.223 e. The van der Waals surface area contributed by atoms with E-state index in [1.807, 2.05) is 0 Å². The Labute approximate surface area is 150 Å². The molecular formula is C21H28FNO2. The Morgan fingerprint density at radius 1 is 1.24 bits per heavy atom. The van der Waals surface area contributed by atoms with E-state index in [4.69, 9.17) is 4.74 Å². The lowest BCUT2D eigenvalue weighted by Gasteiger charge is -2.27. The maximum absolute atomic E-state index is 13.3. The van der Waals surface area contributed by atoms with Crippen molar-refractivity contribution in [1.82, 2.24) is 5.32 Å². The fraction of sp³-hybridized carbons (Fsp3) is 0.571. The molecule has 1 aromatic carbocycles. The van der Waals surface area contributed by atoms with Crippen molar-refractivity contribution in [3.8, 4) is 17.6 Å². The lowest BCUT2D eigenvalue weighted by atomic mass is 9.79. The molecule has 25 heavy (non-hydrogen) atoms. The summed E-state index contributed by atoms with van der Waals surface area (Å²) in [6.07, 6.45) is 8.17. The molecule has 0 heterocycles. The third-order valence-corrected chi connectivity index (χ3v) is 4.80. The molecule has 1 fully saturated rings. The molecule has 0 unspecified atom stereocenters. The van der Waals surface area contributed by atoms with E-state index in [1.165, 1.54) is 38.2 Å². The molecule has 2 rings (SSSR count). The number of nitrogens with one attached hydrogen (secondary N) is 1. The van der Waals surface area contributed by atoms with Crippen molar-refractivity contribution < 1.29 is 13.9 Å². The van der Waals surface area contributed by atoms with Gasteiger partial charge in [-0.15, -0.1) is 0 Å². The monoisotopic (exact) mass is 345 g/mol. The van der Waals surface area contributed by atoms with Crippen LogP contribution in [0.15, 0.2) is 24.3 Å². The van der Waals surface area contributed by atoms with E-state index in [9.17, 15) is 9.18 Å². The predicted octanol–water partition coefficient (Wildman–Crippen LogP) is 4.32. The van der Waals surface area contributed by atoms with Gasteiger partial charge in [0.1, 0.15) is 6.61 Å². The van der Waals surface area contributed by atoms with Gasteiger partial charge in [-0.05, 0) is 43.7 Å². The molecule has 0 spiro atoms. The number of hydrogen-bond donors (Lipinski definition) is 1. The van der Waals surface area contributed by atoms with Gasteiger partial charge in [0.05, 0.1) is 6.54 Å². The van der Waals surface area contributed by atoms with Crippen molar-refractivity contribution in [3.05, 3.63) is 30.1 Å². The zero-order chi connectivity index (χ0) is 17.9. The summed E-state index contributed by atoms with van der Waals surface area (Å²) in [5.74, 6) is 6.50. The Balaban J connectivity index is 1.61. The number of ether oxygens (including phenoxy) is 1. The zero-order valence-electron chi connectivity index (χ0n) is 15.0. The molecule has 4 heteroatoms. The van der Waals surface area contributed by atoms with Crippen molar-refractivity contribution in [2.24, 2.45) is 11.8 Å². The number of unbranched alkanes of at least 4 members (excludes halogenated alkanes) is 1. The number of carbonyl (C=O) groups excluding carboxylic acids is 1. The van der Waals surface area contributed by atoms with E-state index in [1.54, 1.807) is 18.2 Å². The summed E-state index contributed by atoms with van der Waals surface area (Å²) in [7, 11) is 0. The van der Waals surface area contributed by atoms with Crippen molar-refractivity contribution in [3.63, 3.8) is 0 Å². The van der Waals surface area contributed by atoms with E-state index >= 15 is 0 Å². The standard InChI is InChI=1S/C21H28FNO2/c1-2-3-8-17-11-13-18(14-12-17)21(24)23-15-6-7-16-25-20-10-5-4-9-19(20)22/h4-5,9-10,17-18H,2-3,8,11-16H2,1H3,(H,23,24). The summed E-state index contributed by atoms with van der Waals surface area (Å²) in [4.78, 5) is 12.2. The van der Waals surface area contributed by atoms with Crippen molar-refractivity contribution in [2.45, 2.75) is 51.9 Å². The average Bonchev–Trinajstić information content (AvgIpc) is 2.64. The van der Waals surface area contributed by atoms with Gasteiger partial charge in [0.15, 0.2) is 11.6 Å². The molecule has 0 saturated heterocycles. The lowest BCUT2D eigenvalue weighted by Crippen LogP contribution is -2.33. The Bertz CT molecular complexity index is 597. The van der Waals surface area contributed by atoms with Crippen LogP contribution < -0.4 is 10.1 Å². The van der Waals surface area contributed by atoms with Crippen LogP contribution in [0.5, 0.6) is 5.75 Å². The Morgan fingerprint density at radius 3 is 2.72 bits per heavy atom. The van der Waals surface area contributed by atoms with Gasteiger partial charge in [-0.2, -0.15) is 0 Å². The molecule has 0 radical (unpaired) electrons. The summed E-state index contributed by atoms with van der Waals surface area (Å²) >= 11 is 0. The van der Waals surface area contributed by atoms with E-state index in [-0.39, 0.29) is 24.2 Å². The van der Waals surface area contributed by atoms with E-state index in [0.717, 1.165) is 18.8 Å². The van der Waals surface area contributed by atoms with Gasteiger partial charge in [-0.3, -0.25) is 4.79 Å². The molecule has 0 bridgehead atoms. The fourth-order valence-corrected chi connectivity index (χ4v) is 3.27. The largest absolute Gasteiger partial charge is 0.478 e. The van der Waals surface area contributed by atoms with Crippen molar-refractivity contribution in [2.75, 3.05) is 13.2 Å². The van der Waals surface area contributed by atoms with E-state index in [2.05, 4.69) is 24.1 Å². The summed E-state index contributed by atoms with van der Waals surface area (Å²) in [5, 5.41) is 2.88. The summed E-state index contributed by atoms with van der Waals surface area (Å²) in [6, 6.07) is 6.24. The molecule has 3 nitrogen and oxygen atoms in total. The number of carbonyl (C=O) groups is 1. The Hall–Kier alpha value is -2.02. The fourth-order valence-electron chi connectivity index (χ4n) is 3.27. The summed E-state index contributed by atoms with van der Waals surface area (Å²) in [5.41, 5.74) is 0. The van der Waals surface area contributed by atoms with E-state index in [0.29, 0.717) is 6.54 Å². The second-order valence-corrected chi connectivity index (χ2v) is 6.65. The molecule has 1 aliphatic carbocycles. The van der Waals surface area contributed by atoms with Crippen LogP contribution in [-0.2, 0) is 4.79 Å². The predicted molar refractivity (Wildman–Crippen MR) is 97.7 cm³/mol. The number of amides is 1. The first-order valence-electron chi connectivity index (χ1n) is 9.31. The third kappa shape index (κ3) is 6.78. The van der Waals surface area contributed by atoms with Crippen LogP contribution in [0.2, 0.25) is 0 Å². The second-order valence-electron chi connectivity index (χ2n) is 6.65. The topological polar surface area (TPSA) is 38.3 Å². The third-order valence-electron chi connectivity index (χ3n) is 4.80. The van der Waals surface area contributed by atoms with Crippen LogP contribution >= 0.6 is 0 Å². The van der Waals surface area contributed by atoms with Gasteiger partial charge in [0, 0.05) is 5.92 Å². The van der Waals surface area contributed by atoms with Gasteiger partial charge < -0.3 is 10.1 Å². The van der Waals surface area contributed by atoms with Crippen LogP contribution in [0.4, 0.5) is 4.39 Å². The Kier molecular flexibility index (Phi) is 8.31. The van der Waals surface area contributed by atoms with Crippen LogP contribution in [0.25, 0.3) is 0 Å². The summed E-state index contributed by atoms with van der Waals surface area (Å²) < 4.78 is 18.6. The minimum absolute atomic E-state index is 0.110. The SMILES string of the molecule is CCCCC1CCC(C(=O)NCC#CCOc2ccccc2F)CC1. The molecule has 1 N–H and O–H groups in total. The quantitative estimate of drug-likeness (QED) is 0.748. The first-order chi connectivity index (χ1) is 12.2. The highest BCUT2D eigenvalue weighted by molar-refractivity contribution is 5.78. The number of halogens is 1. The molecule has 0 atom stereocenters. The molecule has 1 aromatic rings. The highest BCUT2D eigenvalue weighted by atomic mass is 19.1. The van der Waals surface area contributed by atoms with Crippen LogP contribution in [0.3, 0.4) is 0 Å². The number of hydrogen-bond acceptors (Lipinski definition) is 2. The van der Waals surface area contributed by atoms with Gasteiger partial charge >= 0.3 is 0 Å². The molecule has 0 aromatic heterocycles. The molecule has 0 aliphatic heterocycles. The van der Waals surface area contributed by atoms with Crippen molar-refractivity contribution >= 4 is 5.91 Å². The van der Waals surface area contributed by atoms with Gasteiger partial charge in [-0.1, -0.05) is 50.2 Å². The van der Waals surface area contributed by atoms with Crippen molar-refractivity contribution in [1.29, 1.82) is 0 Å². The molecule has 1 saturated carbocycles. The van der Waals surface area contributed by atoms with Crippen LogP contribution in [0, 0.1) is 29.5 Å². The number of rotatable bonds is 7. The normalized spacial score (nSPS) is 19.6. The molecule has 136 valence electrons. The van der Waals surface area contributed by atoms with Gasteiger partial charge in [0.2, 0.25) is 5.91 Å². The highest BCUT2D eigenvalue weighted by Crippen LogP contribution is 2.31. The van der Waals surface area contributed by atoms with E-state index < -0.39 is 5.82 Å². The smallest absolute Gasteiger partial charge is 0.223 e. The number of para-hydroxylation sites is 1. The first-order valence-corrected chi connectivity index (χ1v) is 9.31. The minimum Gasteiger partial charge on any atom is -0.478 e. The summed E-state index contributed by atoms with van der Waals surface area (Å²) in [6.45, 7) is 2.65. The first kappa shape index (κ1) is 19.3. The number of benzene rings is 1. The Morgan fingerprint density at radius 2 is 2.00 bits per heavy atom. The molecular weight excluding hydrogens is 317 g/mol. The second kappa shape index (κ2) is 10.8.